The Bertz CT molecular complexity index is 431. The molecular formula is C13H14O. The fourth-order valence-corrected chi connectivity index (χ4v) is 3.11. The van der Waals surface area contributed by atoms with Crippen molar-refractivity contribution in [2.24, 2.45) is 5.92 Å². The van der Waals surface area contributed by atoms with Gasteiger partial charge in [0.1, 0.15) is 0 Å². The number of ketones is 1. The summed E-state index contributed by atoms with van der Waals surface area (Å²) in [7, 11) is 0. The van der Waals surface area contributed by atoms with E-state index in [0.717, 1.165) is 5.56 Å². The Labute approximate surface area is 84.1 Å². The van der Waals surface area contributed by atoms with Gasteiger partial charge in [-0.05, 0) is 42.4 Å². The average molecular weight is 186 g/mol. The number of aryl methyl sites for hydroxylation is 2. The molecule has 0 saturated heterocycles. The second kappa shape index (κ2) is 2.47. The van der Waals surface area contributed by atoms with Crippen LogP contribution in [0.15, 0.2) is 12.1 Å². The fraction of sp³-hybridized carbons (Fsp3) is 0.462. The quantitative estimate of drug-likeness (QED) is 0.609. The first-order valence-corrected chi connectivity index (χ1v) is 5.36. The molecule has 2 atom stereocenters. The molecule has 2 unspecified atom stereocenters. The minimum absolute atomic E-state index is 0.229. The van der Waals surface area contributed by atoms with Gasteiger partial charge >= 0.3 is 0 Å². The summed E-state index contributed by atoms with van der Waals surface area (Å²) in [5.41, 5.74) is 5.04. The summed E-state index contributed by atoms with van der Waals surface area (Å²) in [5.74, 6) is 1.14. The molecular weight excluding hydrogens is 172 g/mol. The highest BCUT2D eigenvalue weighted by Gasteiger charge is 2.41. The van der Waals surface area contributed by atoms with Gasteiger partial charge in [0, 0.05) is 11.5 Å². The van der Waals surface area contributed by atoms with Gasteiger partial charge in [-0.1, -0.05) is 19.1 Å². The summed E-state index contributed by atoms with van der Waals surface area (Å²) >= 11 is 0. The van der Waals surface area contributed by atoms with Gasteiger partial charge in [-0.25, -0.2) is 0 Å². The Balaban J connectivity index is 2.35. The molecule has 2 aliphatic rings. The number of hydrogen-bond acceptors (Lipinski definition) is 1. The molecule has 0 spiro atoms. The van der Waals surface area contributed by atoms with Crippen molar-refractivity contribution >= 4 is 5.78 Å². The Morgan fingerprint density at radius 3 is 2.93 bits per heavy atom. The first kappa shape index (κ1) is 8.22. The van der Waals surface area contributed by atoms with Crippen molar-refractivity contribution in [1.82, 2.24) is 0 Å². The highest BCUT2D eigenvalue weighted by Crippen LogP contribution is 2.48. The zero-order chi connectivity index (χ0) is 9.87. The second-order valence-corrected chi connectivity index (χ2v) is 4.63. The molecule has 1 aromatic rings. The molecule has 2 aliphatic carbocycles. The zero-order valence-electron chi connectivity index (χ0n) is 8.63. The van der Waals surface area contributed by atoms with Crippen molar-refractivity contribution < 1.29 is 4.79 Å². The molecule has 0 heterocycles. The van der Waals surface area contributed by atoms with E-state index < -0.39 is 0 Å². The number of rotatable bonds is 0. The van der Waals surface area contributed by atoms with Gasteiger partial charge in [0.2, 0.25) is 0 Å². The third kappa shape index (κ3) is 0.783. The molecule has 0 saturated carbocycles. The zero-order valence-corrected chi connectivity index (χ0v) is 8.63. The lowest BCUT2D eigenvalue weighted by atomic mass is 9.95. The summed E-state index contributed by atoms with van der Waals surface area (Å²) in [6.07, 6.45) is 2.35. The largest absolute Gasteiger partial charge is 0.294 e. The van der Waals surface area contributed by atoms with E-state index in [9.17, 15) is 4.79 Å². The summed E-state index contributed by atoms with van der Waals surface area (Å²) in [6.45, 7) is 4.14. The molecule has 72 valence electrons. The van der Waals surface area contributed by atoms with Crippen molar-refractivity contribution in [1.29, 1.82) is 0 Å². The third-order valence-electron chi connectivity index (χ3n) is 3.90. The SMILES string of the molecule is Cc1ccc2c3c1C(=O)C(C)C3CC2. The Morgan fingerprint density at radius 2 is 2.14 bits per heavy atom. The van der Waals surface area contributed by atoms with Gasteiger partial charge < -0.3 is 0 Å². The van der Waals surface area contributed by atoms with E-state index in [2.05, 4.69) is 26.0 Å². The smallest absolute Gasteiger partial charge is 0.166 e. The maximum atomic E-state index is 12.0. The molecule has 1 nitrogen and oxygen atoms in total. The summed E-state index contributed by atoms with van der Waals surface area (Å²) in [5, 5.41) is 0. The van der Waals surface area contributed by atoms with Crippen molar-refractivity contribution in [2.75, 3.05) is 0 Å². The van der Waals surface area contributed by atoms with Gasteiger partial charge in [-0.3, -0.25) is 4.79 Å². The van der Waals surface area contributed by atoms with Gasteiger partial charge in [0.05, 0.1) is 0 Å². The molecule has 0 aliphatic heterocycles. The van der Waals surface area contributed by atoms with Crippen LogP contribution in [-0.2, 0) is 6.42 Å². The molecule has 1 heteroatoms. The Morgan fingerprint density at radius 1 is 1.36 bits per heavy atom. The van der Waals surface area contributed by atoms with Crippen molar-refractivity contribution in [3.63, 3.8) is 0 Å². The lowest BCUT2D eigenvalue weighted by molar-refractivity contribution is 0.0932. The van der Waals surface area contributed by atoms with Crippen LogP contribution in [-0.4, -0.2) is 5.78 Å². The molecule has 0 aromatic heterocycles. The van der Waals surface area contributed by atoms with Crippen molar-refractivity contribution in [2.45, 2.75) is 32.6 Å². The molecule has 0 bridgehead atoms. The Hall–Kier alpha value is -1.11. The monoisotopic (exact) mass is 186 g/mol. The molecule has 0 N–H and O–H groups in total. The normalized spacial score (nSPS) is 28.3. The topological polar surface area (TPSA) is 17.1 Å². The van der Waals surface area contributed by atoms with Gasteiger partial charge in [0.15, 0.2) is 5.78 Å². The fourth-order valence-electron chi connectivity index (χ4n) is 3.11. The van der Waals surface area contributed by atoms with Crippen LogP contribution in [0.5, 0.6) is 0 Å². The number of hydrogen-bond donors (Lipinski definition) is 0. The van der Waals surface area contributed by atoms with Crippen LogP contribution in [0, 0.1) is 12.8 Å². The van der Waals surface area contributed by atoms with Crippen LogP contribution >= 0.6 is 0 Å². The van der Waals surface area contributed by atoms with E-state index in [1.165, 1.54) is 29.5 Å². The highest BCUT2D eigenvalue weighted by molar-refractivity contribution is 6.04. The first-order valence-electron chi connectivity index (χ1n) is 5.36. The standard InChI is InChI=1S/C13H14O/c1-7-3-4-9-5-6-10-8(2)13(14)11(7)12(9)10/h3-4,8,10H,5-6H2,1-2H3. The number of benzene rings is 1. The van der Waals surface area contributed by atoms with E-state index in [1.54, 1.807) is 0 Å². The summed E-state index contributed by atoms with van der Waals surface area (Å²) in [4.78, 5) is 12.0. The van der Waals surface area contributed by atoms with Crippen LogP contribution in [0.4, 0.5) is 0 Å². The first-order chi connectivity index (χ1) is 6.70. The molecule has 0 radical (unpaired) electrons. The Kier molecular flexibility index (Phi) is 1.45. The van der Waals surface area contributed by atoms with Gasteiger partial charge in [-0.15, -0.1) is 0 Å². The van der Waals surface area contributed by atoms with E-state index in [0.29, 0.717) is 11.7 Å². The van der Waals surface area contributed by atoms with E-state index in [4.69, 9.17) is 0 Å². The molecule has 1 aromatic carbocycles. The molecule has 0 fully saturated rings. The number of carbonyl (C=O) groups is 1. The summed E-state index contributed by atoms with van der Waals surface area (Å²) < 4.78 is 0. The van der Waals surface area contributed by atoms with Crippen molar-refractivity contribution in [3.05, 3.63) is 34.4 Å². The van der Waals surface area contributed by atoms with Crippen LogP contribution < -0.4 is 0 Å². The lowest BCUT2D eigenvalue weighted by Crippen LogP contribution is -2.09. The van der Waals surface area contributed by atoms with Crippen LogP contribution in [0.25, 0.3) is 0 Å². The second-order valence-electron chi connectivity index (χ2n) is 4.63. The number of Topliss-reactive ketones (excluding diaryl/α,β-unsaturated/α-hetero) is 1. The minimum Gasteiger partial charge on any atom is -0.294 e. The molecule has 3 rings (SSSR count). The van der Waals surface area contributed by atoms with E-state index in [-0.39, 0.29) is 5.92 Å². The van der Waals surface area contributed by atoms with Gasteiger partial charge in [0.25, 0.3) is 0 Å². The summed E-state index contributed by atoms with van der Waals surface area (Å²) in [6, 6.07) is 4.31. The number of carbonyl (C=O) groups excluding carboxylic acids is 1. The predicted octanol–water partition coefficient (Wildman–Crippen LogP) is 2.86. The van der Waals surface area contributed by atoms with Crippen LogP contribution in [0.1, 0.15) is 46.3 Å². The third-order valence-corrected chi connectivity index (χ3v) is 3.90. The van der Waals surface area contributed by atoms with E-state index in [1.807, 2.05) is 0 Å². The predicted molar refractivity (Wildman–Crippen MR) is 55.7 cm³/mol. The van der Waals surface area contributed by atoms with E-state index >= 15 is 0 Å². The van der Waals surface area contributed by atoms with Gasteiger partial charge in [-0.2, -0.15) is 0 Å². The van der Waals surface area contributed by atoms with Crippen LogP contribution in [0.2, 0.25) is 0 Å². The van der Waals surface area contributed by atoms with Crippen molar-refractivity contribution in [3.8, 4) is 0 Å². The molecule has 0 amide bonds. The lowest BCUT2D eigenvalue weighted by Gasteiger charge is -2.07. The maximum absolute atomic E-state index is 12.0. The van der Waals surface area contributed by atoms with Crippen LogP contribution in [0.3, 0.4) is 0 Å². The maximum Gasteiger partial charge on any atom is 0.166 e. The average Bonchev–Trinajstić information content (AvgIpc) is 2.68. The molecule has 14 heavy (non-hydrogen) atoms. The highest BCUT2D eigenvalue weighted by atomic mass is 16.1. The minimum atomic E-state index is 0.229.